The number of pyridine rings is 1. The number of anilines is 1. The molecule has 2 atom stereocenters. The standard InChI is InChI=1S/C25H30N4O3/c1-6-29-24(18-12-13-21(31-5)26-15(18)3)27-16(4)22(25(29)30)28-23-19-11-9-8-10-17(19)14-20(23)32-7-2/h8-13,20,23,28H,6-7,14H2,1-5H3/t20-,23+/m0/s1. The molecule has 3 aromatic rings. The zero-order chi connectivity index (χ0) is 22.8. The summed E-state index contributed by atoms with van der Waals surface area (Å²) in [6.07, 6.45) is 0.796. The molecule has 0 fully saturated rings. The highest BCUT2D eigenvalue weighted by atomic mass is 16.5. The molecule has 0 radical (unpaired) electrons. The molecule has 2 aromatic heterocycles. The Kier molecular flexibility index (Phi) is 6.28. The summed E-state index contributed by atoms with van der Waals surface area (Å²) in [6.45, 7) is 8.83. The lowest BCUT2D eigenvalue weighted by Crippen LogP contribution is -2.32. The first-order valence-electron chi connectivity index (χ1n) is 11.1. The number of aromatic nitrogens is 3. The monoisotopic (exact) mass is 434 g/mol. The maximum absolute atomic E-state index is 13.6. The number of benzene rings is 1. The van der Waals surface area contributed by atoms with Crippen molar-refractivity contribution >= 4 is 5.69 Å². The minimum atomic E-state index is -0.0973. The van der Waals surface area contributed by atoms with Crippen molar-refractivity contribution in [3.8, 4) is 17.3 Å². The highest BCUT2D eigenvalue weighted by molar-refractivity contribution is 5.62. The van der Waals surface area contributed by atoms with Crippen LogP contribution >= 0.6 is 0 Å². The van der Waals surface area contributed by atoms with E-state index >= 15 is 0 Å². The van der Waals surface area contributed by atoms with E-state index in [2.05, 4.69) is 22.4 Å². The lowest BCUT2D eigenvalue weighted by Gasteiger charge is -2.24. The third-order valence-electron chi connectivity index (χ3n) is 6.04. The Morgan fingerprint density at radius 2 is 1.88 bits per heavy atom. The van der Waals surface area contributed by atoms with Gasteiger partial charge in [0.1, 0.15) is 11.5 Å². The van der Waals surface area contributed by atoms with E-state index in [1.165, 1.54) is 11.1 Å². The molecule has 4 rings (SSSR count). The fourth-order valence-corrected chi connectivity index (χ4v) is 4.47. The van der Waals surface area contributed by atoms with E-state index in [9.17, 15) is 4.79 Å². The zero-order valence-corrected chi connectivity index (χ0v) is 19.3. The molecule has 0 aliphatic heterocycles. The number of hydrogen-bond acceptors (Lipinski definition) is 6. The molecule has 0 saturated heterocycles. The van der Waals surface area contributed by atoms with E-state index < -0.39 is 0 Å². The van der Waals surface area contributed by atoms with Crippen molar-refractivity contribution in [2.75, 3.05) is 19.0 Å². The molecule has 32 heavy (non-hydrogen) atoms. The van der Waals surface area contributed by atoms with Crippen LogP contribution in [-0.2, 0) is 17.7 Å². The molecule has 168 valence electrons. The second-order valence-electron chi connectivity index (χ2n) is 7.95. The quantitative estimate of drug-likeness (QED) is 0.604. The summed E-state index contributed by atoms with van der Waals surface area (Å²) in [5.41, 5.74) is 5.08. The summed E-state index contributed by atoms with van der Waals surface area (Å²) in [4.78, 5) is 22.9. The maximum Gasteiger partial charge on any atom is 0.277 e. The predicted octanol–water partition coefficient (Wildman–Crippen LogP) is 4.07. The Morgan fingerprint density at radius 3 is 2.56 bits per heavy atom. The van der Waals surface area contributed by atoms with Gasteiger partial charge >= 0.3 is 0 Å². The summed E-state index contributed by atoms with van der Waals surface area (Å²) in [6, 6.07) is 11.9. The Bertz CT molecular complexity index is 1190. The Balaban J connectivity index is 1.77. The first-order valence-corrected chi connectivity index (χ1v) is 11.1. The van der Waals surface area contributed by atoms with Gasteiger partial charge in [0.2, 0.25) is 5.88 Å². The molecule has 0 bridgehead atoms. The summed E-state index contributed by atoms with van der Waals surface area (Å²) in [5.74, 6) is 1.15. The molecule has 1 aliphatic rings. The number of nitrogens with one attached hydrogen (secondary N) is 1. The number of fused-ring (bicyclic) bond motifs is 1. The summed E-state index contributed by atoms with van der Waals surface area (Å²) in [5, 5.41) is 3.50. The molecule has 1 N–H and O–H groups in total. The van der Waals surface area contributed by atoms with Crippen LogP contribution in [0.4, 0.5) is 5.69 Å². The van der Waals surface area contributed by atoms with E-state index in [0.717, 1.165) is 17.7 Å². The summed E-state index contributed by atoms with van der Waals surface area (Å²) in [7, 11) is 1.59. The van der Waals surface area contributed by atoms with Crippen molar-refractivity contribution in [3.63, 3.8) is 0 Å². The molecule has 0 saturated carbocycles. The van der Waals surface area contributed by atoms with Gasteiger partial charge in [-0.1, -0.05) is 24.3 Å². The van der Waals surface area contributed by atoms with Crippen LogP contribution < -0.4 is 15.6 Å². The van der Waals surface area contributed by atoms with Crippen LogP contribution in [0.1, 0.15) is 42.4 Å². The van der Waals surface area contributed by atoms with E-state index in [1.807, 2.05) is 45.9 Å². The third-order valence-corrected chi connectivity index (χ3v) is 6.04. The zero-order valence-electron chi connectivity index (χ0n) is 19.3. The first kappa shape index (κ1) is 22.0. The highest BCUT2D eigenvalue weighted by Gasteiger charge is 2.34. The number of methoxy groups -OCH3 is 1. The summed E-state index contributed by atoms with van der Waals surface area (Å²) >= 11 is 0. The first-order chi connectivity index (χ1) is 15.5. The van der Waals surface area contributed by atoms with Gasteiger partial charge in [0.15, 0.2) is 0 Å². The van der Waals surface area contributed by atoms with Gasteiger partial charge in [0.05, 0.1) is 30.6 Å². The molecular formula is C25H30N4O3. The second-order valence-corrected chi connectivity index (χ2v) is 7.95. The minimum Gasteiger partial charge on any atom is -0.481 e. The van der Waals surface area contributed by atoms with Crippen molar-refractivity contribution in [2.24, 2.45) is 0 Å². The average Bonchev–Trinajstić information content (AvgIpc) is 3.13. The van der Waals surface area contributed by atoms with Gasteiger partial charge in [-0.25, -0.2) is 9.97 Å². The van der Waals surface area contributed by atoms with Gasteiger partial charge in [-0.05, 0) is 44.9 Å². The molecule has 7 heteroatoms. The number of nitrogens with zero attached hydrogens (tertiary/aromatic N) is 3. The van der Waals surface area contributed by atoms with Gasteiger partial charge in [-0.2, -0.15) is 0 Å². The molecule has 2 heterocycles. The van der Waals surface area contributed by atoms with Crippen LogP contribution in [0.5, 0.6) is 5.88 Å². The Labute approximate surface area is 188 Å². The van der Waals surface area contributed by atoms with Gasteiger partial charge in [0, 0.05) is 31.2 Å². The molecular weight excluding hydrogens is 404 g/mol. The van der Waals surface area contributed by atoms with Gasteiger partial charge in [-0.15, -0.1) is 0 Å². The normalized spacial score (nSPS) is 17.3. The molecule has 7 nitrogen and oxygen atoms in total. The van der Waals surface area contributed by atoms with Crippen molar-refractivity contribution in [3.05, 3.63) is 69.3 Å². The largest absolute Gasteiger partial charge is 0.481 e. The van der Waals surface area contributed by atoms with Gasteiger partial charge < -0.3 is 14.8 Å². The molecule has 1 aliphatic carbocycles. The number of rotatable bonds is 7. The van der Waals surface area contributed by atoms with Crippen LogP contribution in [0.3, 0.4) is 0 Å². The van der Waals surface area contributed by atoms with Crippen LogP contribution in [0.15, 0.2) is 41.2 Å². The number of aryl methyl sites for hydroxylation is 2. The topological polar surface area (TPSA) is 78.3 Å². The van der Waals surface area contributed by atoms with E-state index in [0.29, 0.717) is 36.2 Å². The van der Waals surface area contributed by atoms with Crippen LogP contribution in [0.2, 0.25) is 0 Å². The SMILES string of the molecule is CCO[C@H]1Cc2ccccc2[C@H]1Nc1c(C)nc(-c2ccc(OC)nc2C)n(CC)c1=O. The Morgan fingerprint density at radius 1 is 1.09 bits per heavy atom. The van der Waals surface area contributed by atoms with Crippen LogP contribution in [0, 0.1) is 13.8 Å². The molecule has 1 aromatic carbocycles. The van der Waals surface area contributed by atoms with E-state index in [-0.39, 0.29) is 17.7 Å². The molecule has 0 amide bonds. The molecule has 0 unspecified atom stereocenters. The predicted molar refractivity (Wildman–Crippen MR) is 125 cm³/mol. The van der Waals surface area contributed by atoms with E-state index in [4.69, 9.17) is 14.5 Å². The smallest absolute Gasteiger partial charge is 0.277 e. The fourth-order valence-electron chi connectivity index (χ4n) is 4.47. The van der Waals surface area contributed by atoms with Crippen molar-refractivity contribution in [2.45, 2.75) is 52.8 Å². The lowest BCUT2D eigenvalue weighted by atomic mass is 10.1. The highest BCUT2D eigenvalue weighted by Crippen LogP contribution is 2.36. The lowest BCUT2D eigenvalue weighted by molar-refractivity contribution is 0.0574. The second kappa shape index (κ2) is 9.12. The average molecular weight is 435 g/mol. The number of hydrogen-bond donors (Lipinski definition) is 1. The van der Waals surface area contributed by atoms with Crippen LogP contribution in [0.25, 0.3) is 11.4 Å². The minimum absolute atomic E-state index is 0.0287. The van der Waals surface area contributed by atoms with E-state index in [1.54, 1.807) is 17.7 Å². The van der Waals surface area contributed by atoms with Crippen molar-refractivity contribution in [1.29, 1.82) is 0 Å². The third kappa shape index (κ3) is 3.88. The summed E-state index contributed by atoms with van der Waals surface area (Å²) < 4.78 is 12.9. The Hall–Kier alpha value is -3.19. The van der Waals surface area contributed by atoms with Crippen LogP contribution in [-0.4, -0.2) is 34.4 Å². The van der Waals surface area contributed by atoms with Gasteiger partial charge in [-0.3, -0.25) is 9.36 Å². The van der Waals surface area contributed by atoms with Crippen molar-refractivity contribution in [1.82, 2.24) is 14.5 Å². The van der Waals surface area contributed by atoms with Crippen molar-refractivity contribution < 1.29 is 9.47 Å². The fraction of sp³-hybridized carbons (Fsp3) is 0.400. The maximum atomic E-state index is 13.6. The number of ether oxygens (including phenoxy) is 2. The molecule has 0 spiro atoms. The van der Waals surface area contributed by atoms with Gasteiger partial charge in [0.25, 0.3) is 5.56 Å².